The molecule has 0 atom stereocenters. The van der Waals surface area contributed by atoms with Gasteiger partial charge in [0, 0.05) is 5.31 Å². The first-order valence-corrected chi connectivity index (χ1v) is 6.98. The topological polar surface area (TPSA) is 18.5 Å². The van der Waals surface area contributed by atoms with E-state index in [4.69, 9.17) is 9.31 Å². The molecule has 96 valence electrons. The molecular weight excluding hydrogens is 211 g/mol. The SMILES string of the molecule is CC(C)C12CC(B3OC(C)(C)C(C)(C)O3)(C1)C2. The summed E-state index contributed by atoms with van der Waals surface area (Å²) in [4.78, 5) is 0. The molecule has 4 aliphatic rings. The highest BCUT2D eigenvalue weighted by Crippen LogP contribution is 2.82. The van der Waals surface area contributed by atoms with Crippen LogP contribution in [-0.4, -0.2) is 18.3 Å². The van der Waals surface area contributed by atoms with E-state index in [9.17, 15) is 0 Å². The summed E-state index contributed by atoms with van der Waals surface area (Å²) >= 11 is 0. The molecule has 17 heavy (non-hydrogen) atoms. The second-order valence-corrected chi connectivity index (χ2v) is 8.00. The Labute approximate surface area is 106 Å². The van der Waals surface area contributed by atoms with Crippen molar-refractivity contribution in [1.82, 2.24) is 0 Å². The second-order valence-electron chi connectivity index (χ2n) is 8.00. The van der Waals surface area contributed by atoms with Gasteiger partial charge in [-0.2, -0.15) is 0 Å². The minimum absolute atomic E-state index is 0.0353. The number of hydrogen-bond donors (Lipinski definition) is 0. The van der Waals surface area contributed by atoms with Gasteiger partial charge in [0.1, 0.15) is 0 Å². The molecule has 0 N–H and O–H groups in total. The van der Waals surface area contributed by atoms with Crippen molar-refractivity contribution < 1.29 is 9.31 Å². The summed E-state index contributed by atoms with van der Waals surface area (Å²) in [5.41, 5.74) is 0.291. The van der Waals surface area contributed by atoms with Crippen molar-refractivity contribution in [3.63, 3.8) is 0 Å². The quantitative estimate of drug-likeness (QED) is 0.681. The standard InChI is InChI=1S/C14H25BO2/c1-10(2)13-7-14(8-13,9-13)15-16-11(3,4)12(5,6)17-15/h10H,7-9H2,1-6H3. The lowest BCUT2D eigenvalue weighted by Gasteiger charge is -2.73. The van der Waals surface area contributed by atoms with Crippen LogP contribution in [0.5, 0.6) is 0 Å². The Hall–Kier alpha value is -0.0151. The summed E-state index contributed by atoms with van der Waals surface area (Å²) in [6, 6.07) is 0. The maximum atomic E-state index is 6.21. The molecule has 2 nitrogen and oxygen atoms in total. The van der Waals surface area contributed by atoms with Gasteiger partial charge in [0.25, 0.3) is 0 Å². The van der Waals surface area contributed by atoms with Gasteiger partial charge >= 0.3 is 7.12 Å². The van der Waals surface area contributed by atoms with Gasteiger partial charge in [0.05, 0.1) is 11.2 Å². The minimum Gasteiger partial charge on any atom is -0.403 e. The fraction of sp³-hybridized carbons (Fsp3) is 1.00. The molecule has 0 amide bonds. The maximum Gasteiger partial charge on any atom is 0.464 e. The fourth-order valence-corrected chi connectivity index (χ4v) is 3.90. The highest BCUT2D eigenvalue weighted by Gasteiger charge is 2.76. The summed E-state index contributed by atoms with van der Waals surface area (Å²) in [5.74, 6) is 0.812. The lowest BCUT2D eigenvalue weighted by Crippen LogP contribution is -2.65. The van der Waals surface area contributed by atoms with E-state index < -0.39 is 0 Å². The first kappa shape index (κ1) is 12.0. The van der Waals surface area contributed by atoms with Crippen LogP contribution in [-0.2, 0) is 9.31 Å². The van der Waals surface area contributed by atoms with Crippen molar-refractivity contribution in [3.05, 3.63) is 0 Å². The van der Waals surface area contributed by atoms with Crippen LogP contribution in [0, 0.1) is 11.3 Å². The van der Waals surface area contributed by atoms with E-state index in [-0.39, 0.29) is 18.3 Å². The van der Waals surface area contributed by atoms with E-state index in [1.807, 2.05) is 0 Å². The molecule has 3 saturated carbocycles. The molecule has 1 saturated heterocycles. The number of hydrogen-bond acceptors (Lipinski definition) is 2. The normalized spacial score (nSPS) is 45.7. The minimum atomic E-state index is -0.169. The van der Waals surface area contributed by atoms with Crippen LogP contribution in [0.4, 0.5) is 0 Å². The van der Waals surface area contributed by atoms with Gasteiger partial charge < -0.3 is 9.31 Å². The molecule has 4 fully saturated rings. The van der Waals surface area contributed by atoms with Crippen LogP contribution in [0.1, 0.15) is 60.8 Å². The van der Waals surface area contributed by atoms with Crippen LogP contribution in [0.3, 0.4) is 0 Å². The second kappa shape index (κ2) is 2.93. The molecule has 2 bridgehead atoms. The van der Waals surface area contributed by atoms with Crippen molar-refractivity contribution in [2.45, 2.75) is 77.3 Å². The van der Waals surface area contributed by atoms with Gasteiger partial charge in [-0.15, -0.1) is 0 Å². The van der Waals surface area contributed by atoms with Gasteiger partial charge in [-0.25, -0.2) is 0 Å². The summed E-state index contributed by atoms with van der Waals surface area (Å²) in [6.45, 7) is 13.3. The molecule has 0 radical (unpaired) electrons. The Kier molecular flexibility index (Phi) is 2.08. The van der Waals surface area contributed by atoms with Crippen LogP contribution in [0.2, 0.25) is 5.31 Å². The van der Waals surface area contributed by atoms with E-state index in [1.54, 1.807) is 0 Å². The van der Waals surface area contributed by atoms with E-state index in [0.29, 0.717) is 10.7 Å². The van der Waals surface area contributed by atoms with E-state index in [1.165, 1.54) is 19.3 Å². The summed E-state index contributed by atoms with van der Waals surface area (Å²) in [6.07, 6.45) is 3.94. The molecule has 0 aromatic carbocycles. The van der Waals surface area contributed by atoms with E-state index in [0.717, 1.165) is 5.92 Å². The van der Waals surface area contributed by atoms with Gasteiger partial charge in [0.15, 0.2) is 0 Å². The largest absolute Gasteiger partial charge is 0.464 e. The Balaban J connectivity index is 1.71. The van der Waals surface area contributed by atoms with Crippen molar-refractivity contribution in [1.29, 1.82) is 0 Å². The Morgan fingerprint density at radius 3 is 1.65 bits per heavy atom. The monoisotopic (exact) mass is 236 g/mol. The number of rotatable bonds is 2. The highest BCUT2D eigenvalue weighted by molar-refractivity contribution is 6.51. The van der Waals surface area contributed by atoms with E-state index in [2.05, 4.69) is 41.5 Å². The predicted molar refractivity (Wildman–Crippen MR) is 69.9 cm³/mol. The van der Waals surface area contributed by atoms with Crippen LogP contribution in [0.25, 0.3) is 0 Å². The van der Waals surface area contributed by atoms with Crippen LogP contribution < -0.4 is 0 Å². The van der Waals surface area contributed by atoms with Gasteiger partial charge in [-0.05, 0) is 58.3 Å². The van der Waals surface area contributed by atoms with Gasteiger partial charge in [-0.3, -0.25) is 0 Å². The predicted octanol–water partition coefficient (Wildman–Crippen LogP) is 3.66. The van der Waals surface area contributed by atoms with Gasteiger partial charge in [0.2, 0.25) is 0 Å². The molecule has 3 heteroatoms. The molecule has 0 aromatic heterocycles. The van der Waals surface area contributed by atoms with Crippen LogP contribution in [0.15, 0.2) is 0 Å². The average Bonchev–Trinajstić information content (AvgIpc) is 2.13. The van der Waals surface area contributed by atoms with Gasteiger partial charge in [-0.1, -0.05) is 13.8 Å². The molecule has 0 aromatic rings. The zero-order valence-electron chi connectivity index (χ0n) is 12.1. The average molecular weight is 236 g/mol. The summed E-state index contributed by atoms with van der Waals surface area (Å²) < 4.78 is 12.4. The molecule has 0 unspecified atom stereocenters. The smallest absolute Gasteiger partial charge is 0.403 e. The zero-order chi connectivity index (χ0) is 12.7. The van der Waals surface area contributed by atoms with Crippen molar-refractivity contribution in [3.8, 4) is 0 Å². The molecule has 3 aliphatic carbocycles. The third kappa shape index (κ3) is 1.30. The summed E-state index contributed by atoms with van der Waals surface area (Å²) in [7, 11) is 0.0353. The molecule has 4 rings (SSSR count). The lowest BCUT2D eigenvalue weighted by molar-refractivity contribution is -0.143. The Morgan fingerprint density at radius 2 is 1.29 bits per heavy atom. The Bertz CT molecular complexity index is 323. The third-order valence-corrected chi connectivity index (χ3v) is 6.09. The molecule has 1 aliphatic heterocycles. The van der Waals surface area contributed by atoms with Crippen LogP contribution >= 0.6 is 0 Å². The zero-order valence-corrected chi connectivity index (χ0v) is 12.1. The molecule has 1 heterocycles. The molecular formula is C14H25BO2. The fourth-order valence-electron chi connectivity index (χ4n) is 3.90. The van der Waals surface area contributed by atoms with Crippen molar-refractivity contribution >= 4 is 7.12 Å². The summed E-state index contributed by atoms with van der Waals surface area (Å²) in [5, 5.41) is 0.356. The highest BCUT2D eigenvalue weighted by atomic mass is 16.7. The maximum absolute atomic E-state index is 6.21. The van der Waals surface area contributed by atoms with E-state index >= 15 is 0 Å². The molecule has 0 spiro atoms. The third-order valence-electron chi connectivity index (χ3n) is 6.09. The first-order valence-electron chi connectivity index (χ1n) is 6.98. The Morgan fingerprint density at radius 1 is 0.882 bits per heavy atom. The first-order chi connectivity index (χ1) is 7.63. The lowest BCUT2D eigenvalue weighted by atomic mass is 9.22. The van der Waals surface area contributed by atoms with Crippen molar-refractivity contribution in [2.75, 3.05) is 0 Å². The van der Waals surface area contributed by atoms with Crippen molar-refractivity contribution in [2.24, 2.45) is 11.3 Å².